The molecule has 0 spiro atoms. The van der Waals surface area contributed by atoms with Gasteiger partial charge in [-0.25, -0.2) is 14.4 Å². The number of rotatable bonds is 0. The van der Waals surface area contributed by atoms with Gasteiger partial charge in [0.1, 0.15) is 5.52 Å². The van der Waals surface area contributed by atoms with E-state index in [4.69, 9.17) is 11.6 Å². The second-order valence-electron chi connectivity index (χ2n) is 3.46. The second kappa shape index (κ2) is 3.39. The molecule has 0 aliphatic heterocycles. The van der Waals surface area contributed by atoms with Crippen LogP contribution >= 0.6 is 11.6 Å². The summed E-state index contributed by atoms with van der Waals surface area (Å²) < 4.78 is 13.5. The largest absolute Gasteiger partial charge is 0.244 e. The first-order valence-electron chi connectivity index (χ1n) is 4.75. The van der Waals surface area contributed by atoms with Gasteiger partial charge in [0, 0.05) is 5.02 Å². The third kappa shape index (κ3) is 1.41. The highest BCUT2D eigenvalue weighted by Crippen LogP contribution is 2.20. The average Bonchev–Trinajstić information content (AvgIpc) is 2.28. The van der Waals surface area contributed by atoms with E-state index in [1.807, 2.05) is 0 Å². The molecule has 1 heterocycles. The van der Waals surface area contributed by atoms with Crippen LogP contribution in [0.1, 0.15) is 0 Å². The molecule has 0 radical (unpaired) electrons. The lowest BCUT2D eigenvalue weighted by Crippen LogP contribution is -1.89. The number of halogens is 2. The van der Waals surface area contributed by atoms with Crippen LogP contribution in [-0.4, -0.2) is 9.97 Å². The summed E-state index contributed by atoms with van der Waals surface area (Å²) >= 11 is 5.85. The van der Waals surface area contributed by atoms with Crippen LogP contribution < -0.4 is 0 Å². The van der Waals surface area contributed by atoms with Gasteiger partial charge in [0.15, 0.2) is 5.82 Å². The molecule has 78 valence electrons. The standard InChI is InChI=1S/C12H6ClFN2/c13-7-4-5-9-11(6-7)16-12-8(14)2-1-3-10(12)15-9/h1-6H. The van der Waals surface area contributed by atoms with Crippen molar-refractivity contribution in [3.63, 3.8) is 0 Å². The molecule has 0 unspecified atom stereocenters. The van der Waals surface area contributed by atoms with Crippen molar-refractivity contribution in [3.05, 3.63) is 47.2 Å². The second-order valence-corrected chi connectivity index (χ2v) is 3.90. The van der Waals surface area contributed by atoms with Crippen molar-refractivity contribution < 1.29 is 4.39 Å². The highest BCUT2D eigenvalue weighted by Gasteiger charge is 2.05. The molecule has 0 N–H and O–H groups in total. The van der Waals surface area contributed by atoms with E-state index in [0.717, 1.165) is 0 Å². The van der Waals surface area contributed by atoms with Crippen LogP contribution in [0.2, 0.25) is 5.02 Å². The van der Waals surface area contributed by atoms with Crippen LogP contribution in [0, 0.1) is 5.82 Å². The molecule has 0 saturated heterocycles. The smallest absolute Gasteiger partial charge is 0.151 e. The molecular weight excluding hydrogens is 227 g/mol. The SMILES string of the molecule is Fc1cccc2nc3ccc(Cl)cc3nc12. The molecule has 0 fully saturated rings. The van der Waals surface area contributed by atoms with E-state index in [0.29, 0.717) is 21.6 Å². The van der Waals surface area contributed by atoms with Gasteiger partial charge in [-0.3, -0.25) is 0 Å². The molecule has 0 amide bonds. The number of hydrogen-bond acceptors (Lipinski definition) is 2. The van der Waals surface area contributed by atoms with E-state index in [-0.39, 0.29) is 11.3 Å². The summed E-state index contributed by atoms with van der Waals surface area (Å²) in [5.41, 5.74) is 2.14. The molecule has 0 aliphatic carbocycles. The van der Waals surface area contributed by atoms with E-state index in [1.165, 1.54) is 6.07 Å². The normalized spacial score (nSPS) is 11.1. The molecular formula is C12H6ClFN2. The van der Waals surface area contributed by atoms with Gasteiger partial charge in [-0.15, -0.1) is 0 Å². The lowest BCUT2D eigenvalue weighted by atomic mass is 10.2. The predicted molar refractivity (Wildman–Crippen MR) is 62.0 cm³/mol. The Kier molecular flexibility index (Phi) is 2.01. The van der Waals surface area contributed by atoms with Crippen LogP contribution in [0.5, 0.6) is 0 Å². The fourth-order valence-corrected chi connectivity index (χ4v) is 1.80. The van der Waals surface area contributed by atoms with E-state index >= 15 is 0 Å². The minimum atomic E-state index is -0.369. The van der Waals surface area contributed by atoms with Crippen LogP contribution in [-0.2, 0) is 0 Å². The molecule has 0 aliphatic rings. The van der Waals surface area contributed by atoms with Crippen molar-refractivity contribution in [2.24, 2.45) is 0 Å². The maximum atomic E-state index is 13.5. The average molecular weight is 233 g/mol. The van der Waals surface area contributed by atoms with Gasteiger partial charge >= 0.3 is 0 Å². The zero-order valence-corrected chi connectivity index (χ0v) is 8.87. The molecule has 16 heavy (non-hydrogen) atoms. The van der Waals surface area contributed by atoms with Gasteiger partial charge in [-0.05, 0) is 30.3 Å². The summed E-state index contributed by atoms with van der Waals surface area (Å²) in [6.45, 7) is 0. The van der Waals surface area contributed by atoms with E-state index < -0.39 is 0 Å². The first kappa shape index (κ1) is 9.48. The Morgan fingerprint density at radius 3 is 2.69 bits per heavy atom. The zero-order chi connectivity index (χ0) is 11.1. The number of nitrogens with zero attached hydrogens (tertiary/aromatic N) is 2. The quantitative estimate of drug-likeness (QED) is 0.554. The Morgan fingerprint density at radius 2 is 1.81 bits per heavy atom. The Balaban J connectivity index is 2.49. The third-order valence-corrected chi connectivity index (χ3v) is 2.61. The predicted octanol–water partition coefficient (Wildman–Crippen LogP) is 3.58. The fourth-order valence-electron chi connectivity index (χ4n) is 1.64. The molecule has 3 aromatic rings. The first-order chi connectivity index (χ1) is 7.74. The molecule has 1 aromatic heterocycles. The van der Waals surface area contributed by atoms with E-state index in [9.17, 15) is 4.39 Å². The minimum absolute atomic E-state index is 0.275. The zero-order valence-electron chi connectivity index (χ0n) is 8.11. The van der Waals surface area contributed by atoms with Gasteiger partial charge in [0.05, 0.1) is 16.6 Å². The summed E-state index contributed by atoms with van der Waals surface area (Å²) in [5, 5.41) is 0.567. The molecule has 0 saturated carbocycles. The van der Waals surface area contributed by atoms with Crippen molar-refractivity contribution in [1.82, 2.24) is 9.97 Å². The highest BCUT2D eigenvalue weighted by molar-refractivity contribution is 6.31. The Labute approximate surface area is 95.7 Å². The van der Waals surface area contributed by atoms with Crippen LogP contribution in [0.4, 0.5) is 4.39 Å². The third-order valence-electron chi connectivity index (χ3n) is 2.38. The molecule has 0 atom stereocenters. The van der Waals surface area contributed by atoms with Gasteiger partial charge in [-0.1, -0.05) is 17.7 Å². The fraction of sp³-hybridized carbons (Fsp3) is 0. The van der Waals surface area contributed by atoms with Crippen molar-refractivity contribution >= 4 is 33.7 Å². The van der Waals surface area contributed by atoms with Crippen LogP contribution in [0.3, 0.4) is 0 Å². The van der Waals surface area contributed by atoms with Gasteiger partial charge < -0.3 is 0 Å². The summed E-state index contributed by atoms with van der Waals surface area (Å²) in [6.07, 6.45) is 0. The number of benzene rings is 2. The van der Waals surface area contributed by atoms with Crippen molar-refractivity contribution in [2.45, 2.75) is 0 Å². The molecule has 3 rings (SSSR count). The van der Waals surface area contributed by atoms with Gasteiger partial charge in [0.2, 0.25) is 0 Å². The summed E-state index contributed by atoms with van der Waals surface area (Å²) in [4.78, 5) is 8.53. The maximum absolute atomic E-state index is 13.5. The van der Waals surface area contributed by atoms with Gasteiger partial charge in [0.25, 0.3) is 0 Å². The minimum Gasteiger partial charge on any atom is -0.244 e. The van der Waals surface area contributed by atoms with Crippen LogP contribution in [0.25, 0.3) is 22.1 Å². The van der Waals surface area contributed by atoms with Crippen molar-refractivity contribution in [2.75, 3.05) is 0 Å². The topological polar surface area (TPSA) is 25.8 Å². The highest BCUT2D eigenvalue weighted by atomic mass is 35.5. The summed E-state index contributed by atoms with van der Waals surface area (Å²) in [5.74, 6) is -0.369. The van der Waals surface area contributed by atoms with E-state index in [1.54, 1.807) is 30.3 Å². The Hall–Kier alpha value is -1.74. The van der Waals surface area contributed by atoms with Crippen LogP contribution in [0.15, 0.2) is 36.4 Å². The lowest BCUT2D eigenvalue weighted by Gasteiger charge is -2.01. The van der Waals surface area contributed by atoms with E-state index in [2.05, 4.69) is 9.97 Å². The number of fused-ring (bicyclic) bond motifs is 2. The number of aromatic nitrogens is 2. The van der Waals surface area contributed by atoms with Crippen molar-refractivity contribution in [3.8, 4) is 0 Å². The number of para-hydroxylation sites is 1. The Bertz CT molecular complexity index is 697. The Morgan fingerprint density at radius 1 is 0.938 bits per heavy atom. The summed E-state index contributed by atoms with van der Waals surface area (Å²) in [7, 11) is 0. The van der Waals surface area contributed by atoms with Crippen molar-refractivity contribution in [1.29, 1.82) is 0 Å². The molecule has 2 nitrogen and oxygen atoms in total. The van der Waals surface area contributed by atoms with Gasteiger partial charge in [-0.2, -0.15) is 0 Å². The molecule has 4 heteroatoms. The monoisotopic (exact) mass is 232 g/mol. The lowest BCUT2D eigenvalue weighted by molar-refractivity contribution is 0.637. The molecule has 2 aromatic carbocycles. The first-order valence-corrected chi connectivity index (χ1v) is 5.13. The number of hydrogen-bond donors (Lipinski definition) is 0. The maximum Gasteiger partial charge on any atom is 0.151 e. The molecule has 0 bridgehead atoms. The summed E-state index contributed by atoms with van der Waals surface area (Å²) in [6, 6.07) is 9.91.